The van der Waals surface area contributed by atoms with E-state index in [-0.39, 0.29) is 6.10 Å². The first-order chi connectivity index (χ1) is 7.22. The normalized spacial score (nSPS) is 11.9. The lowest BCUT2D eigenvalue weighted by Crippen LogP contribution is -2.11. The standard InChI is InChI=1S/C12H17NO2/c1-4-9(2)15-12-10(8-13)6-5-7-11(12)14-3/h4-7,9H,1,8,13H2,2-3H3. The van der Waals surface area contributed by atoms with E-state index in [0.29, 0.717) is 18.0 Å². The zero-order valence-corrected chi connectivity index (χ0v) is 9.19. The van der Waals surface area contributed by atoms with Crippen LogP contribution in [0.4, 0.5) is 0 Å². The molecule has 1 aromatic carbocycles. The van der Waals surface area contributed by atoms with Gasteiger partial charge in [-0.15, -0.1) is 0 Å². The summed E-state index contributed by atoms with van der Waals surface area (Å²) < 4.78 is 10.9. The molecule has 15 heavy (non-hydrogen) atoms. The van der Waals surface area contributed by atoms with Gasteiger partial charge in [0.2, 0.25) is 0 Å². The molecular weight excluding hydrogens is 190 g/mol. The van der Waals surface area contributed by atoms with E-state index in [1.165, 1.54) is 0 Å². The molecule has 3 nitrogen and oxygen atoms in total. The van der Waals surface area contributed by atoms with Gasteiger partial charge in [-0.1, -0.05) is 24.8 Å². The van der Waals surface area contributed by atoms with Crippen LogP contribution in [0.5, 0.6) is 11.5 Å². The summed E-state index contributed by atoms with van der Waals surface area (Å²) in [5.41, 5.74) is 6.56. The molecule has 0 saturated heterocycles. The highest BCUT2D eigenvalue weighted by Gasteiger charge is 2.11. The van der Waals surface area contributed by atoms with E-state index in [1.54, 1.807) is 13.2 Å². The van der Waals surface area contributed by atoms with Crippen molar-refractivity contribution in [1.29, 1.82) is 0 Å². The Morgan fingerprint density at radius 1 is 1.53 bits per heavy atom. The van der Waals surface area contributed by atoms with Gasteiger partial charge in [-0.2, -0.15) is 0 Å². The predicted molar refractivity (Wildman–Crippen MR) is 61.2 cm³/mol. The molecule has 0 radical (unpaired) electrons. The third kappa shape index (κ3) is 2.73. The maximum atomic E-state index is 5.68. The summed E-state index contributed by atoms with van der Waals surface area (Å²) in [6, 6.07) is 5.67. The van der Waals surface area contributed by atoms with E-state index in [1.807, 2.05) is 25.1 Å². The van der Waals surface area contributed by atoms with Crippen LogP contribution >= 0.6 is 0 Å². The number of methoxy groups -OCH3 is 1. The van der Waals surface area contributed by atoms with Crippen molar-refractivity contribution in [1.82, 2.24) is 0 Å². The Morgan fingerprint density at radius 2 is 2.27 bits per heavy atom. The minimum atomic E-state index is -0.0633. The number of rotatable bonds is 5. The summed E-state index contributed by atoms with van der Waals surface area (Å²) in [6.45, 7) is 6.01. The Morgan fingerprint density at radius 3 is 2.80 bits per heavy atom. The smallest absolute Gasteiger partial charge is 0.166 e. The van der Waals surface area contributed by atoms with Gasteiger partial charge in [0.05, 0.1) is 7.11 Å². The van der Waals surface area contributed by atoms with Gasteiger partial charge in [0, 0.05) is 12.1 Å². The molecule has 1 aromatic rings. The summed E-state index contributed by atoms with van der Waals surface area (Å²) in [5, 5.41) is 0. The van der Waals surface area contributed by atoms with Crippen LogP contribution in [0.2, 0.25) is 0 Å². The molecule has 0 aliphatic heterocycles. The minimum Gasteiger partial charge on any atom is -0.493 e. The van der Waals surface area contributed by atoms with Crippen LogP contribution in [0.3, 0.4) is 0 Å². The summed E-state index contributed by atoms with van der Waals surface area (Å²) in [7, 11) is 1.61. The molecule has 82 valence electrons. The average molecular weight is 207 g/mol. The van der Waals surface area contributed by atoms with Gasteiger partial charge in [0.1, 0.15) is 6.10 Å². The first kappa shape index (κ1) is 11.6. The third-order valence-electron chi connectivity index (χ3n) is 2.14. The second-order valence-corrected chi connectivity index (χ2v) is 3.21. The van der Waals surface area contributed by atoms with Crippen molar-refractivity contribution in [3.63, 3.8) is 0 Å². The Kier molecular flexibility index (Phi) is 4.18. The van der Waals surface area contributed by atoms with Gasteiger partial charge in [0.15, 0.2) is 11.5 Å². The third-order valence-corrected chi connectivity index (χ3v) is 2.14. The van der Waals surface area contributed by atoms with Crippen LogP contribution in [0, 0.1) is 0 Å². The topological polar surface area (TPSA) is 44.5 Å². The van der Waals surface area contributed by atoms with Gasteiger partial charge in [0.25, 0.3) is 0 Å². The van der Waals surface area contributed by atoms with Crippen molar-refractivity contribution >= 4 is 0 Å². The fourth-order valence-electron chi connectivity index (χ4n) is 1.25. The number of ether oxygens (including phenoxy) is 2. The molecule has 1 rings (SSSR count). The van der Waals surface area contributed by atoms with E-state index >= 15 is 0 Å². The van der Waals surface area contributed by atoms with Crippen molar-refractivity contribution in [3.05, 3.63) is 36.4 Å². The Balaban J connectivity index is 3.04. The lowest BCUT2D eigenvalue weighted by molar-refractivity contribution is 0.252. The number of benzene rings is 1. The molecule has 0 saturated carbocycles. The largest absolute Gasteiger partial charge is 0.493 e. The van der Waals surface area contributed by atoms with Crippen molar-refractivity contribution < 1.29 is 9.47 Å². The van der Waals surface area contributed by atoms with Crippen LogP contribution in [-0.4, -0.2) is 13.2 Å². The van der Waals surface area contributed by atoms with E-state index in [2.05, 4.69) is 6.58 Å². The van der Waals surface area contributed by atoms with Crippen molar-refractivity contribution in [3.8, 4) is 11.5 Å². The Hall–Kier alpha value is -1.48. The molecule has 2 N–H and O–H groups in total. The molecule has 3 heteroatoms. The summed E-state index contributed by atoms with van der Waals surface area (Å²) >= 11 is 0. The average Bonchev–Trinajstić information content (AvgIpc) is 2.29. The van der Waals surface area contributed by atoms with Crippen molar-refractivity contribution in [2.45, 2.75) is 19.6 Å². The first-order valence-electron chi connectivity index (χ1n) is 4.88. The maximum absolute atomic E-state index is 5.68. The van der Waals surface area contributed by atoms with E-state index in [4.69, 9.17) is 15.2 Å². The lowest BCUT2D eigenvalue weighted by Gasteiger charge is -2.16. The molecule has 0 aromatic heterocycles. The highest BCUT2D eigenvalue weighted by molar-refractivity contribution is 5.46. The van der Waals surface area contributed by atoms with Crippen molar-refractivity contribution in [2.24, 2.45) is 5.73 Å². The summed E-state index contributed by atoms with van der Waals surface area (Å²) in [6.07, 6.45) is 1.67. The van der Waals surface area contributed by atoms with Crippen LogP contribution in [0.1, 0.15) is 12.5 Å². The van der Waals surface area contributed by atoms with Crippen LogP contribution in [0.15, 0.2) is 30.9 Å². The van der Waals surface area contributed by atoms with Crippen LogP contribution in [-0.2, 0) is 6.54 Å². The Bertz CT molecular complexity index is 314. The SMILES string of the molecule is C=CC(C)Oc1c(CN)cccc1OC. The van der Waals surface area contributed by atoms with Gasteiger partial charge < -0.3 is 15.2 Å². The first-order valence-corrected chi connectivity index (χ1v) is 4.88. The van der Waals surface area contributed by atoms with Gasteiger partial charge >= 0.3 is 0 Å². The lowest BCUT2D eigenvalue weighted by atomic mass is 10.2. The monoisotopic (exact) mass is 207 g/mol. The number of hydrogen-bond acceptors (Lipinski definition) is 3. The molecule has 0 aliphatic rings. The fourth-order valence-corrected chi connectivity index (χ4v) is 1.25. The molecule has 0 spiro atoms. The fraction of sp³-hybridized carbons (Fsp3) is 0.333. The zero-order chi connectivity index (χ0) is 11.3. The molecular formula is C12H17NO2. The quantitative estimate of drug-likeness (QED) is 0.752. The van der Waals surface area contributed by atoms with E-state index < -0.39 is 0 Å². The van der Waals surface area contributed by atoms with Crippen LogP contribution in [0.25, 0.3) is 0 Å². The van der Waals surface area contributed by atoms with E-state index in [0.717, 1.165) is 5.56 Å². The van der Waals surface area contributed by atoms with Gasteiger partial charge in [-0.05, 0) is 13.0 Å². The van der Waals surface area contributed by atoms with Gasteiger partial charge in [-0.25, -0.2) is 0 Å². The number of nitrogens with two attached hydrogens (primary N) is 1. The molecule has 1 atom stereocenters. The Labute approximate surface area is 90.5 Å². The van der Waals surface area contributed by atoms with E-state index in [9.17, 15) is 0 Å². The second-order valence-electron chi connectivity index (χ2n) is 3.21. The summed E-state index contributed by atoms with van der Waals surface area (Å²) in [5.74, 6) is 1.40. The molecule has 0 bridgehead atoms. The van der Waals surface area contributed by atoms with Crippen LogP contribution < -0.4 is 15.2 Å². The highest BCUT2D eigenvalue weighted by atomic mass is 16.5. The van der Waals surface area contributed by atoms with Crippen molar-refractivity contribution in [2.75, 3.05) is 7.11 Å². The number of hydrogen-bond donors (Lipinski definition) is 1. The summed E-state index contributed by atoms with van der Waals surface area (Å²) in [4.78, 5) is 0. The zero-order valence-electron chi connectivity index (χ0n) is 9.19. The number of para-hydroxylation sites is 1. The minimum absolute atomic E-state index is 0.0633. The second kappa shape index (κ2) is 5.41. The molecule has 0 heterocycles. The molecule has 0 aliphatic carbocycles. The highest BCUT2D eigenvalue weighted by Crippen LogP contribution is 2.31. The molecule has 0 amide bonds. The molecule has 1 unspecified atom stereocenters. The maximum Gasteiger partial charge on any atom is 0.166 e. The predicted octanol–water partition coefficient (Wildman–Crippen LogP) is 2.11. The van der Waals surface area contributed by atoms with Gasteiger partial charge in [-0.3, -0.25) is 0 Å². The molecule has 0 fully saturated rings.